The Kier molecular flexibility index (Phi) is 7.60. The number of nitro groups is 1. The lowest BCUT2D eigenvalue weighted by Gasteiger charge is -2.12. The average molecular weight is 437 g/mol. The van der Waals surface area contributed by atoms with Gasteiger partial charge in [-0.05, 0) is 66.0 Å². The third kappa shape index (κ3) is 5.68. The highest BCUT2D eigenvalue weighted by Gasteiger charge is 2.15. The van der Waals surface area contributed by atoms with E-state index in [1.54, 1.807) is 0 Å². The van der Waals surface area contributed by atoms with Crippen molar-refractivity contribution >= 4 is 27.5 Å². The molecule has 1 amide bonds. The fraction of sp³-hybridized carbons (Fsp3) is 0.316. The lowest BCUT2D eigenvalue weighted by atomic mass is 10.1. The minimum absolute atomic E-state index is 0.143. The molecule has 0 bridgehead atoms. The number of benzene rings is 2. The molecule has 0 heterocycles. The standard InChI is InChI=1S/C19H21BrN2O5/c1-3-26-17-8-5-13(11-18(17)27-4-2)9-10-21-19(23)14-6-7-15(20)16(12-14)22(24)25/h5-8,11-12H,3-4,9-10H2,1-2H3,(H,21,23). The van der Waals surface area contributed by atoms with Crippen LogP contribution in [-0.2, 0) is 6.42 Å². The van der Waals surface area contributed by atoms with E-state index in [0.717, 1.165) is 5.56 Å². The number of nitro benzene ring substituents is 1. The van der Waals surface area contributed by atoms with E-state index in [9.17, 15) is 14.9 Å². The molecule has 2 aromatic rings. The van der Waals surface area contributed by atoms with Crippen molar-refractivity contribution in [1.82, 2.24) is 5.32 Å². The molecule has 2 aromatic carbocycles. The first kappa shape index (κ1) is 20.7. The predicted octanol–water partition coefficient (Wildman–Crippen LogP) is 4.13. The first-order chi connectivity index (χ1) is 13.0. The molecule has 2 rings (SSSR count). The number of amides is 1. The van der Waals surface area contributed by atoms with E-state index in [2.05, 4.69) is 21.2 Å². The molecular formula is C19H21BrN2O5. The van der Waals surface area contributed by atoms with E-state index in [4.69, 9.17) is 9.47 Å². The van der Waals surface area contributed by atoms with E-state index in [-0.39, 0.29) is 17.2 Å². The molecular weight excluding hydrogens is 416 g/mol. The molecule has 0 aromatic heterocycles. The van der Waals surface area contributed by atoms with Crippen molar-refractivity contribution in [3.05, 3.63) is 62.1 Å². The Bertz CT molecular complexity index is 826. The number of hydrogen-bond donors (Lipinski definition) is 1. The van der Waals surface area contributed by atoms with Crippen LogP contribution in [0.5, 0.6) is 11.5 Å². The van der Waals surface area contributed by atoms with Gasteiger partial charge < -0.3 is 14.8 Å². The number of ether oxygens (including phenoxy) is 2. The summed E-state index contributed by atoms with van der Waals surface area (Å²) < 4.78 is 11.5. The molecule has 0 aliphatic heterocycles. The van der Waals surface area contributed by atoms with Crippen LogP contribution in [0.25, 0.3) is 0 Å². The first-order valence-corrected chi connectivity index (χ1v) is 9.36. The molecule has 144 valence electrons. The largest absolute Gasteiger partial charge is 0.490 e. The van der Waals surface area contributed by atoms with E-state index < -0.39 is 4.92 Å². The van der Waals surface area contributed by atoms with Crippen LogP contribution in [0, 0.1) is 10.1 Å². The van der Waals surface area contributed by atoms with Crippen LogP contribution in [0.3, 0.4) is 0 Å². The number of nitrogens with zero attached hydrogens (tertiary/aromatic N) is 1. The lowest BCUT2D eigenvalue weighted by molar-refractivity contribution is -0.385. The Morgan fingerprint density at radius 3 is 2.48 bits per heavy atom. The van der Waals surface area contributed by atoms with Crippen LogP contribution in [0.15, 0.2) is 40.9 Å². The van der Waals surface area contributed by atoms with Gasteiger partial charge in [-0.25, -0.2) is 0 Å². The van der Waals surface area contributed by atoms with E-state index >= 15 is 0 Å². The zero-order valence-corrected chi connectivity index (χ0v) is 16.7. The summed E-state index contributed by atoms with van der Waals surface area (Å²) in [6.07, 6.45) is 0.594. The van der Waals surface area contributed by atoms with Gasteiger partial charge in [-0.3, -0.25) is 14.9 Å². The Balaban J connectivity index is 1.99. The van der Waals surface area contributed by atoms with Gasteiger partial charge in [0, 0.05) is 18.2 Å². The number of rotatable bonds is 9. The number of hydrogen-bond acceptors (Lipinski definition) is 5. The number of carbonyl (C=O) groups is 1. The molecule has 1 N–H and O–H groups in total. The summed E-state index contributed by atoms with van der Waals surface area (Å²) in [6.45, 7) is 5.28. The second-order valence-corrected chi connectivity index (χ2v) is 6.43. The Morgan fingerprint density at radius 1 is 1.11 bits per heavy atom. The van der Waals surface area contributed by atoms with Gasteiger partial charge in [-0.2, -0.15) is 0 Å². The molecule has 0 aliphatic rings. The summed E-state index contributed by atoms with van der Waals surface area (Å²) in [7, 11) is 0. The molecule has 8 heteroatoms. The average Bonchev–Trinajstić information content (AvgIpc) is 2.64. The third-order valence-corrected chi connectivity index (χ3v) is 4.38. The lowest BCUT2D eigenvalue weighted by Crippen LogP contribution is -2.25. The predicted molar refractivity (Wildman–Crippen MR) is 106 cm³/mol. The summed E-state index contributed by atoms with van der Waals surface area (Å²) in [4.78, 5) is 22.7. The summed E-state index contributed by atoms with van der Waals surface area (Å²) in [5, 5.41) is 13.8. The first-order valence-electron chi connectivity index (χ1n) is 8.56. The number of carbonyl (C=O) groups excluding carboxylic acids is 1. The summed E-state index contributed by atoms with van der Waals surface area (Å²) in [5.41, 5.74) is 1.09. The Hall–Kier alpha value is -2.61. The second-order valence-electron chi connectivity index (χ2n) is 5.58. The molecule has 27 heavy (non-hydrogen) atoms. The highest BCUT2D eigenvalue weighted by atomic mass is 79.9. The highest BCUT2D eigenvalue weighted by Crippen LogP contribution is 2.29. The van der Waals surface area contributed by atoms with Crippen LogP contribution < -0.4 is 14.8 Å². The maximum atomic E-state index is 12.2. The highest BCUT2D eigenvalue weighted by molar-refractivity contribution is 9.10. The van der Waals surface area contributed by atoms with Crippen LogP contribution in [0.2, 0.25) is 0 Å². The van der Waals surface area contributed by atoms with Crippen molar-refractivity contribution in [2.24, 2.45) is 0 Å². The quantitative estimate of drug-likeness (QED) is 0.471. The van der Waals surface area contributed by atoms with Gasteiger partial charge in [0.15, 0.2) is 11.5 Å². The normalized spacial score (nSPS) is 10.3. The van der Waals surface area contributed by atoms with E-state index in [0.29, 0.717) is 42.2 Å². The minimum Gasteiger partial charge on any atom is -0.490 e. The molecule has 0 radical (unpaired) electrons. The smallest absolute Gasteiger partial charge is 0.284 e. The zero-order valence-electron chi connectivity index (χ0n) is 15.2. The van der Waals surface area contributed by atoms with Crippen LogP contribution >= 0.6 is 15.9 Å². The van der Waals surface area contributed by atoms with E-state index in [1.807, 2.05) is 32.0 Å². The molecule has 0 spiro atoms. The molecule has 0 aliphatic carbocycles. The molecule has 0 unspecified atom stereocenters. The van der Waals surface area contributed by atoms with Gasteiger partial charge in [0.25, 0.3) is 11.6 Å². The van der Waals surface area contributed by atoms with Gasteiger partial charge in [0.05, 0.1) is 22.6 Å². The van der Waals surface area contributed by atoms with Gasteiger partial charge in [0.1, 0.15) is 0 Å². The van der Waals surface area contributed by atoms with Gasteiger partial charge in [0.2, 0.25) is 0 Å². The van der Waals surface area contributed by atoms with Crippen LogP contribution in [0.4, 0.5) is 5.69 Å². The summed E-state index contributed by atoms with van der Waals surface area (Å²) in [5.74, 6) is 1.00. The molecule has 0 saturated carbocycles. The van der Waals surface area contributed by atoms with Crippen molar-refractivity contribution in [3.8, 4) is 11.5 Å². The van der Waals surface area contributed by atoms with Gasteiger partial charge in [-0.1, -0.05) is 6.07 Å². The van der Waals surface area contributed by atoms with Gasteiger partial charge in [-0.15, -0.1) is 0 Å². The van der Waals surface area contributed by atoms with Crippen LogP contribution in [0.1, 0.15) is 29.8 Å². The fourth-order valence-corrected chi connectivity index (χ4v) is 2.86. The number of nitrogens with one attached hydrogen (secondary N) is 1. The molecule has 0 saturated heterocycles. The van der Waals surface area contributed by atoms with Crippen molar-refractivity contribution < 1.29 is 19.2 Å². The fourth-order valence-electron chi connectivity index (χ4n) is 2.47. The summed E-state index contributed by atoms with van der Waals surface area (Å²) in [6, 6.07) is 9.95. The minimum atomic E-state index is -0.532. The Morgan fingerprint density at radius 2 is 1.81 bits per heavy atom. The monoisotopic (exact) mass is 436 g/mol. The van der Waals surface area contributed by atoms with Crippen molar-refractivity contribution in [3.63, 3.8) is 0 Å². The summed E-state index contributed by atoms with van der Waals surface area (Å²) >= 11 is 3.10. The zero-order chi connectivity index (χ0) is 19.8. The SMILES string of the molecule is CCOc1ccc(CCNC(=O)c2ccc(Br)c([N+](=O)[O-])c2)cc1OCC. The molecule has 0 atom stereocenters. The maximum absolute atomic E-state index is 12.2. The molecule has 0 fully saturated rings. The van der Waals surface area contributed by atoms with Crippen LogP contribution in [-0.4, -0.2) is 30.6 Å². The Labute approximate surface area is 166 Å². The van der Waals surface area contributed by atoms with Crippen molar-refractivity contribution in [1.29, 1.82) is 0 Å². The number of halogens is 1. The third-order valence-electron chi connectivity index (χ3n) is 3.71. The van der Waals surface area contributed by atoms with E-state index in [1.165, 1.54) is 18.2 Å². The van der Waals surface area contributed by atoms with Crippen molar-refractivity contribution in [2.45, 2.75) is 20.3 Å². The second kappa shape index (κ2) is 9.91. The van der Waals surface area contributed by atoms with Gasteiger partial charge >= 0.3 is 0 Å². The molecule has 7 nitrogen and oxygen atoms in total. The topological polar surface area (TPSA) is 90.7 Å². The maximum Gasteiger partial charge on any atom is 0.284 e. The van der Waals surface area contributed by atoms with Crippen molar-refractivity contribution in [2.75, 3.05) is 19.8 Å².